The summed E-state index contributed by atoms with van der Waals surface area (Å²) in [5, 5.41) is 0. The highest BCUT2D eigenvalue weighted by molar-refractivity contribution is 9.10. The molecular formula is C14H13BrO3. The van der Waals surface area contributed by atoms with Crippen molar-refractivity contribution in [3.63, 3.8) is 0 Å². The highest BCUT2D eigenvalue weighted by Crippen LogP contribution is 2.11. The second-order valence-electron chi connectivity index (χ2n) is 3.42. The van der Waals surface area contributed by atoms with Crippen LogP contribution in [0.5, 0.6) is 0 Å². The highest BCUT2D eigenvalue weighted by Gasteiger charge is 2.07. The van der Waals surface area contributed by atoms with Gasteiger partial charge in [0.2, 0.25) is 0 Å². The van der Waals surface area contributed by atoms with Gasteiger partial charge in [0.25, 0.3) is 0 Å². The third-order valence-electron chi connectivity index (χ3n) is 2.05. The van der Waals surface area contributed by atoms with Crippen molar-refractivity contribution in [1.82, 2.24) is 0 Å². The van der Waals surface area contributed by atoms with Crippen LogP contribution in [-0.2, 0) is 9.53 Å². The lowest BCUT2D eigenvalue weighted by Crippen LogP contribution is -2.12. The van der Waals surface area contributed by atoms with Crippen LogP contribution in [0.4, 0.5) is 0 Å². The fourth-order valence-electron chi connectivity index (χ4n) is 1.15. The number of halogens is 1. The molecule has 1 aromatic carbocycles. The molecule has 0 N–H and O–H groups in total. The van der Waals surface area contributed by atoms with E-state index in [1.54, 1.807) is 42.5 Å². The first-order valence-corrected chi connectivity index (χ1v) is 6.17. The fraction of sp³-hybridized carbons (Fsp3) is 0.143. The van der Waals surface area contributed by atoms with E-state index in [1.165, 1.54) is 6.08 Å². The molecule has 0 aliphatic carbocycles. The van der Waals surface area contributed by atoms with Crippen LogP contribution in [-0.4, -0.2) is 18.4 Å². The van der Waals surface area contributed by atoms with Crippen molar-refractivity contribution < 1.29 is 14.3 Å². The first-order valence-electron chi connectivity index (χ1n) is 5.38. The molecule has 18 heavy (non-hydrogen) atoms. The molecule has 0 saturated carbocycles. The SMILES string of the molecule is C/C=C/C=C/C(=O)OCC(=O)c1ccc(Br)cc1. The number of allylic oxidation sites excluding steroid dienone is 3. The summed E-state index contributed by atoms with van der Waals surface area (Å²) in [5.74, 6) is -0.756. The van der Waals surface area contributed by atoms with Crippen LogP contribution >= 0.6 is 15.9 Å². The summed E-state index contributed by atoms with van der Waals surface area (Å²) in [6, 6.07) is 6.88. The summed E-state index contributed by atoms with van der Waals surface area (Å²) < 4.78 is 5.71. The zero-order valence-corrected chi connectivity index (χ0v) is 11.5. The molecule has 0 radical (unpaired) electrons. The molecule has 0 aromatic heterocycles. The van der Waals surface area contributed by atoms with Gasteiger partial charge in [0, 0.05) is 16.1 Å². The summed E-state index contributed by atoms with van der Waals surface area (Å²) in [4.78, 5) is 22.9. The van der Waals surface area contributed by atoms with Crippen LogP contribution in [0.1, 0.15) is 17.3 Å². The van der Waals surface area contributed by atoms with Gasteiger partial charge in [0.15, 0.2) is 12.4 Å². The summed E-state index contributed by atoms with van der Waals surface area (Å²) >= 11 is 3.28. The van der Waals surface area contributed by atoms with E-state index in [0.29, 0.717) is 5.56 Å². The largest absolute Gasteiger partial charge is 0.454 e. The number of ketones is 1. The van der Waals surface area contributed by atoms with Gasteiger partial charge in [0.05, 0.1) is 0 Å². The molecule has 0 spiro atoms. The minimum Gasteiger partial charge on any atom is -0.454 e. The molecule has 0 unspecified atom stereocenters. The average Bonchev–Trinajstić information content (AvgIpc) is 2.37. The van der Waals surface area contributed by atoms with Crippen molar-refractivity contribution in [2.24, 2.45) is 0 Å². The molecule has 0 fully saturated rings. The summed E-state index contributed by atoms with van der Waals surface area (Å²) in [6.45, 7) is 1.59. The smallest absolute Gasteiger partial charge is 0.331 e. The van der Waals surface area contributed by atoms with Gasteiger partial charge in [-0.2, -0.15) is 0 Å². The second kappa shape index (κ2) is 7.61. The molecule has 0 heterocycles. The Morgan fingerprint density at radius 1 is 1.22 bits per heavy atom. The molecule has 1 aromatic rings. The summed E-state index contributed by atoms with van der Waals surface area (Å²) in [7, 11) is 0. The number of esters is 1. The Balaban J connectivity index is 2.46. The maximum Gasteiger partial charge on any atom is 0.331 e. The molecule has 1 rings (SSSR count). The normalized spacial score (nSPS) is 11.0. The van der Waals surface area contributed by atoms with Crippen molar-refractivity contribution in [1.29, 1.82) is 0 Å². The minimum absolute atomic E-state index is 0.227. The number of rotatable bonds is 5. The molecule has 0 aliphatic heterocycles. The van der Waals surface area contributed by atoms with Gasteiger partial charge in [-0.25, -0.2) is 4.79 Å². The topological polar surface area (TPSA) is 43.4 Å². The zero-order chi connectivity index (χ0) is 13.4. The van der Waals surface area contributed by atoms with E-state index in [9.17, 15) is 9.59 Å². The molecular weight excluding hydrogens is 296 g/mol. The van der Waals surface area contributed by atoms with Gasteiger partial charge in [-0.05, 0) is 19.1 Å². The van der Waals surface area contributed by atoms with E-state index in [1.807, 2.05) is 6.92 Å². The van der Waals surface area contributed by atoms with E-state index < -0.39 is 5.97 Å². The molecule has 0 aliphatic rings. The van der Waals surface area contributed by atoms with Crippen LogP contribution < -0.4 is 0 Å². The number of Topliss-reactive ketones (excluding diaryl/α,β-unsaturated/α-hetero) is 1. The van der Waals surface area contributed by atoms with Gasteiger partial charge >= 0.3 is 5.97 Å². The number of benzene rings is 1. The lowest BCUT2D eigenvalue weighted by atomic mass is 10.1. The first kappa shape index (κ1) is 14.4. The van der Waals surface area contributed by atoms with E-state index in [0.717, 1.165) is 4.47 Å². The number of carbonyl (C=O) groups is 2. The van der Waals surface area contributed by atoms with Gasteiger partial charge in [-0.1, -0.05) is 46.3 Å². The number of ether oxygens (including phenoxy) is 1. The Morgan fingerprint density at radius 2 is 1.89 bits per heavy atom. The lowest BCUT2D eigenvalue weighted by molar-refractivity contribution is -0.136. The van der Waals surface area contributed by atoms with Crippen LogP contribution in [0, 0.1) is 0 Å². The maximum absolute atomic E-state index is 11.7. The molecule has 0 saturated heterocycles. The van der Waals surface area contributed by atoms with E-state index in [4.69, 9.17) is 4.74 Å². The summed E-state index contributed by atoms with van der Waals surface area (Å²) in [6.07, 6.45) is 6.33. The molecule has 0 atom stereocenters. The Kier molecular flexibility index (Phi) is 6.08. The highest BCUT2D eigenvalue weighted by atomic mass is 79.9. The lowest BCUT2D eigenvalue weighted by Gasteiger charge is -2.01. The quantitative estimate of drug-likeness (QED) is 0.363. The van der Waals surface area contributed by atoms with Crippen LogP contribution in [0.25, 0.3) is 0 Å². The van der Waals surface area contributed by atoms with Gasteiger partial charge in [-0.15, -0.1) is 0 Å². The van der Waals surface area contributed by atoms with Crippen LogP contribution in [0.3, 0.4) is 0 Å². The Morgan fingerprint density at radius 3 is 2.50 bits per heavy atom. The predicted molar refractivity (Wildman–Crippen MR) is 73.4 cm³/mol. The standard InChI is InChI=1S/C14H13BrO3/c1-2-3-4-5-14(17)18-10-13(16)11-6-8-12(15)9-7-11/h2-9H,10H2,1H3/b3-2+,5-4+. The summed E-state index contributed by atoms with van der Waals surface area (Å²) in [5.41, 5.74) is 0.517. The third-order valence-corrected chi connectivity index (χ3v) is 2.58. The molecule has 0 amide bonds. The van der Waals surface area contributed by atoms with Crippen molar-refractivity contribution in [2.75, 3.05) is 6.61 Å². The fourth-order valence-corrected chi connectivity index (χ4v) is 1.41. The van der Waals surface area contributed by atoms with Crippen molar-refractivity contribution in [3.8, 4) is 0 Å². The van der Waals surface area contributed by atoms with Gasteiger partial charge < -0.3 is 4.74 Å². The van der Waals surface area contributed by atoms with E-state index >= 15 is 0 Å². The van der Waals surface area contributed by atoms with Gasteiger partial charge in [-0.3, -0.25) is 4.79 Å². The maximum atomic E-state index is 11.7. The second-order valence-corrected chi connectivity index (χ2v) is 4.34. The van der Waals surface area contributed by atoms with Crippen molar-refractivity contribution in [2.45, 2.75) is 6.92 Å². The van der Waals surface area contributed by atoms with Crippen molar-refractivity contribution in [3.05, 3.63) is 58.6 Å². The molecule has 0 bridgehead atoms. The third kappa shape index (κ3) is 5.10. The number of hydrogen-bond donors (Lipinski definition) is 0. The molecule has 94 valence electrons. The van der Waals surface area contributed by atoms with Crippen LogP contribution in [0.15, 0.2) is 53.0 Å². The predicted octanol–water partition coefficient (Wildman–Crippen LogP) is 3.31. The van der Waals surface area contributed by atoms with Gasteiger partial charge in [0.1, 0.15) is 0 Å². The molecule has 4 heteroatoms. The molecule has 3 nitrogen and oxygen atoms in total. The van der Waals surface area contributed by atoms with E-state index in [-0.39, 0.29) is 12.4 Å². The van der Waals surface area contributed by atoms with E-state index in [2.05, 4.69) is 15.9 Å². The minimum atomic E-state index is -0.529. The average molecular weight is 309 g/mol. The monoisotopic (exact) mass is 308 g/mol. The zero-order valence-electron chi connectivity index (χ0n) is 9.93. The Labute approximate surface area is 114 Å². The first-order chi connectivity index (χ1) is 8.63. The Bertz CT molecular complexity index is 472. The number of carbonyl (C=O) groups excluding carboxylic acids is 2. The van der Waals surface area contributed by atoms with Crippen molar-refractivity contribution >= 4 is 27.7 Å². The number of hydrogen-bond acceptors (Lipinski definition) is 3. The Hall–Kier alpha value is -1.68. The van der Waals surface area contributed by atoms with Crippen LogP contribution in [0.2, 0.25) is 0 Å².